The lowest BCUT2D eigenvalue weighted by molar-refractivity contribution is -0.116. The first kappa shape index (κ1) is 20.3. The fourth-order valence-corrected chi connectivity index (χ4v) is 4.84. The van der Waals surface area contributed by atoms with E-state index in [1.807, 2.05) is 48.5 Å². The largest absolute Gasteiger partial charge is 0.368 e. The second-order valence-corrected chi connectivity index (χ2v) is 8.76. The molecule has 32 heavy (non-hydrogen) atoms. The summed E-state index contributed by atoms with van der Waals surface area (Å²) in [5.41, 5.74) is 9.99. The SMILES string of the molecule is Nc1ncc2c(n1)CCN(C(=O)Nc1ccc3c(c1)N(Cc1ccccc1)C(=O)CS3)C2. The van der Waals surface area contributed by atoms with Gasteiger partial charge in [0.1, 0.15) is 0 Å². The van der Waals surface area contributed by atoms with Crippen LogP contribution in [0.3, 0.4) is 0 Å². The fourth-order valence-electron chi connectivity index (χ4n) is 3.93. The Kier molecular flexibility index (Phi) is 5.40. The average Bonchev–Trinajstić information content (AvgIpc) is 2.81. The lowest BCUT2D eigenvalue weighted by Gasteiger charge is -2.30. The van der Waals surface area contributed by atoms with Gasteiger partial charge in [-0.2, -0.15) is 0 Å². The zero-order valence-electron chi connectivity index (χ0n) is 17.3. The number of amides is 3. The Morgan fingerprint density at radius 2 is 2.03 bits per heavy atom. The van der Waals surface area contributed by atoms with Gasteiger partial charge in [-0.05, 0) is 23.8 Å². The maximum atomic E-state index is 12.9. The summed E-state index contributed by atoms with van der Waals surface area (Å²) in [6.07, 6.45) is 2.32. The Morgan fingerprint density at radius 1 is 1.19 bits per heavy atom. The van der Waals surface area contributed by atoms with Crippen LogP contribution in [0.4, 0.5) is 22.1 Å². The van der Waals surface area contributed by atoms with E-state index in [-0.39, 0.29) is 17.9 Å². The van der Waals surface area contributed by atoms with Crippen molar-refractivity contribution in [2.75, 3.05) is 28.2 Å². The molecular weight excluding hydrogens is 424 g/mol. The highest BCUT2D eigenvalue weighted by Gasteiger charge is 2.26. The third-order valence-corrected chi connectivity index (χ3v) is 6.62. The van der Waals surface area contributed by atoms with Crippen molar-refractivity contribution in [1.82, 2.24) is 14.9 Å². The molecule has 3 aromatic rings. The molecule has 0 radical (unpaired) electrons. The highest BCUT2D eigenvalue weighted by molar-refractivity contribution is 8.00. The molecule has 0 spiro atoms. The van der Waals surface area contributed by atoms with Gasteiger partial charge in [0.2, 0.25) is 11.9 Å². The maximum absolute atomic E-state index is 12.9. The van der Waals surface area contributed by atoms with E-state index in [0.29, 0.717) is 37.5 Å². The van der Waals surface area contributed by atoms with Crippen LogP contribution in [0.25, 0.3) is 0 Å². The molecule has 2 aliphatic heterocycles. The van der Waals surface area contributed by atoms with Gasteiger partial charge in [0.25, 0.3) is 0 Å². The van der Waals surface area contributed by atoms with Crippen LogP contribution in [0.5, 0.6) is 0 Å². The quantitative estimate of drug-likeness (QED) is 0.640. The number of nitrogens with one attached hydrogen (secondary N) is 1. The first-order valence-electron chi connectivity index (χ1n) is 10.3. The van der Waals surface area contributed by atoms with Crippen molar-refractivity contribution in [3.05, 3.63) is 71.5 Å². The first-order chi connectivity index (χ1) is 15.6. The molecule has 1 aromatic heterocycles. The van der Waals surface area contributed by atoms with Crippen LogP contribution in [-0.4, -0.2) is 39.1 Å². The fraction of sp³-hybridized carbons (Fsp3) is 0.217. The summed E-state index contributed by atoms with van der Waals surface area (Å²) < 4.78 is 0. The minimum atomic E-state index is -0.197. The van der Waals surface area contributed by atoms with E-state index in [9.17, 15) is 9.59 Å². The van der Waals surface area contributed by atoms with E-state index in [4.69, 9.17) is 5.73 Å². The van der Waals surface area contributed by atoms with Gasteiger partial charge < -0.3 is 20.9 Å². The normalized spacial score (nSPS) is 15.2. The molecule has 0 saturated carbocycles. The molecule has 0 fully saturated rings. The van der Waals surface area contributed by atoms with Crippen molar-refractivity contribution < 1.29 is 9.59 Å². The lowest BCUT2D eigenvalue weighted by atomic mass is 10.1. The lowest BCUT2D eigenvalue weighted by Crippen LogP contribution is -2.39. The number of thioether (sulfide) groups is 1. The number of hydrogen-bond donors (Lipinski definition) is 2. The average molecular weight is 447 g/mol. The number of urea groups is 1. The molecule has 0 aliphatic carbocycles. The predicted molar refractivity (Wildman–Crippen MR) is 124 cm³/mol. The van der Waals surface area contributed by atoms with Gasteiger partial charge in [-0.3, -0.25) is 4.79 Å². The number of rotatable bonds is 3. The molecule has 0 unspecified atom stereocenters. The van der Waals surface area contributed by atoms with Crippen molar-refractivity contribution >= 4 is 41.0 Å². The van der Waals surface area contributed by atoms with Gasteiger partial charge in [-0.1, -0.05) is 30.3 Å². The number of fused-ring (bicyclic) bond motifs is 2. The van der Waals surface area contributed by atoms with Crippen LogP contribution in [-0.2, 0) is 24.3 Å². The second kappa shape index (κ2) is 8.51. The molecule has 8 nitrogen and oxygen atoms in total. The summed E-state index contributed by atoms with van der Waals surface area (Å²) in [4.78, 5) is 38.4. The van der Waals surface area contributed by atoms with Gasteiger partial charge in [-0.15, -0.1) is 11.8 Å². The summed E-state index contributed by atoms with van der Waals surface area (Å²) in [6.45, 7) is 1.48. The number of hydrogen-bond acceptors (Lipinski definition) is 6. The molecule has 0 bridgehead atoms. The Hall–Kier alpha value is -3.59. The van der Waals surface area contributed by atoms with Crippen LogP contribution in [0, 0.1) is 0 Å². The number of nitrogen functional groups attached to an aromatic ring is 1. The van der Waals surface area contributed by atoms with Gasteiger partial charge in [0, 0.05) is 35.3 Å². The van der Waals surface area contributed by atoms with Crippen molar-refractivity contribution in [3.8, 4) is 0 Å². The van der Waals surface area contributed by atoms with Crippen molar-refractivity contribution in [2.45, 2.75) is 24.4 Å². The highest BCUT2D eigenvalue weighted by Crippen LogP contribution is 2.38. The zero-order valence-corrected chi connectivity index (χ0v) is 18.1. The number of anilines is 3. The minimum absolute atomic E-state index is 0.0572. The Morgan fingerprint density at radius 3 is 2.88 bits per heavy atom. The van der Waals surface area contributed by atoms with E-state index in [2.05, 4.69) is 15.3 Å². The van der Waals surface area contributed by atoms with Gasteiger partial charge in [0.15, 0.2) is 0 Å². The molecule has 3 amide bonds. The topological polar surface area (TPSA) is 104 Å². The van der Waals surface area contributed by atoms with Crippen LogP contribution < -0.4 is 16.0 Å². The smallest absolute Gasteiger partial charge is 0.322 e. The Bertz CT molecular complexity index is 1190. The summed E-state index contributed by atoms with van der Waals surface area (Å²) in [7, 11) is 0. The maximum Gasteiger partial charge on any atom is 0.322 e. The summed E-state index contributed by atoms with van der Waals surface area (Å²) >= 11 is 1.52. The van der Waals surface area contributed by atoms with Gasteiger partial charge in [-0.25, -0.2) is 14.8 Å². The van der Waals surface area contributed by atoms with Crippen molar-refractivity contribution in [1.29, 1.82) is 0 Å². The van der Waals surface area contributed by atoms with E-state index in [1.165, 1.54) is 11.8 Å². The van der Waals surface area contributed by atoms with E-state index < -0.39 is 0 Å². The molecular formula is C23H22N6O2S. The number of carbonyl (C=O) groups excluding carboxylic acids is 2. The molecule has 3 N–H and O–H groups in total. The number of benzene rings is 2. The highest BCUT2D eigenvalue weighted by atomic mass is 32.2. The molecule has 0 saturated heterocycles. The summed E-state index contributed by atoms with van der Waals surface area (Å²) in [5.74, 6) is 0.718. The molecule has 162 valence electrons. The zero-order chi connectivity index (χ0) is 22.1. The molecule has 5 rings (SSSR count). The number of aromatic nitrogens is 2. The molecule has 3 heterocycles. The Balaban J connectivity index is 1.34. The van der Waals surface area contributed by atoms with Crippen LogP contribution in [0.15, 0.2) is 59.6 Å². The van der Waals surface area contributed by atoms with Gasteiger partial charge in [0.05, 0.1) is 30.2 Å². The third kappa shape index (κ3) is 4.11. The van der Waals surface area contributed by atoms with E-state index >= 15 is 0 Å². The number of nitrogens with two attached hydrogens (primary N) is 1. The van der Waals surface area contributed by atoms with Gasteiger partial charge >= 0.3 is 6.03 Å². The van der Waals surface area contributed by atoms with E-state index in [1.54, 1.807) is 16.0 Å². The van der Waals surface area contributed by atoms with Crippen LogP contribution in [0.1, 0.15) is 16.8 Å². The summed E-state index contributed by atoms with van der Waals surface area (Å²) in [5, 5.41) is 2.98. The van der Waals surface area contributed by atoms with Crippen molar-refractivity contribution in [2.24, 2.45) is 0 Å². The first-order valence-corrected chi connectivity index (χ1v) is 11.3. The van der Waals surface area contributed by atoms with E-state index in [0.717, 1.165) is 27.4 Å². The van der Waals surface area contributed by atoms with Crippen molar-refractivity contribution in [3.63, 3.8) is 0 Å². The summed E-state index contributed by atoms with van der Waals surface area (Å²) in [6, 6.07) is 15.4. The second-order valence-electron chi connectivity index (χ2n) is 7.74. The van der Waals surface area contributed by atoms with Crippen LogP contribution >= 0.6 is 11.8 Å². The standard InChI is InChI=1S/C23H22N6O2S/c24-22-25-11-16-13-28(9-8-18(16)27-22)23(31)26-17-6-7-20-19(10-17)29(21(30)14-32-20)12-15-4-2-1-3-5-15/h1-7,10-11H,8-9,12-14H2,(H,26,31)(H2,24,25,27). The Labute approximate surface area is 189 Å². The molecule has 2 aliphatic rings. The monoisotopic (exact) mass is 446 g/mol. The number of nitrogens with zero attached hydrogens (tertiary/aromatic N) is 4. The predicted octanol–water partition coefficient (Wildman–Crippen LogP) is 3.29. The minimum Gasteiger partial charge on any atom is -0.368 e. The molecule has 9 heteroatoms. The van der Waals surface area contributed by atoms with Crippen LogP contribution in [0.2, 0.25) is 0 Å². The molecule has 0 atom stereocenters. The number of carbonyl (C=O) groups is 2. The molecule has 2 aromatic carbocycles. The third-order valence-electron chi connectivity index (χ3n) is 5.58.